The molecule has 0 aliphatic heterocycles. The van der Waals surface area contributed by atoms with Crippen LogP contribution in [0.3, 0.4) is 0 Å². The van der Waals surface area contributed by atoms with Crippen molar-refractivity contribution in [1.82, 2.24) is 0 Å². The topological polar surface area (TPSA) is 0 Å². The molecule has 2 atom stereocenters. The van der Waals surface area contributed by atoms with Crippen molar-refractivity contribution in [1.29, 1.82) is 0 Å². The van der Waals surface area contributed by atoms with Crippen LogP contribution in [-0.2, 0) is 16.5 Å². The van der Waals surface area contributed by atoms with Gasteiger partial charge in [-0.15, -0.1) is 20.8 Å². The SMILES string of the molecule is PCC(Cl)c1ccccc1.[Ni].[c-]1ccccc1. The average Bonchev–Trinajstić information content (AvgIpc) is 2.41. The Labute approximate surface area is 121 Å². The van der Waals surface area contributed by atoms with Gasteiger partial charge in [0.05, 0.1) is 5.38 Å². The summed E-state index contributed by atoms with van der Waals surface area (Å²) in [5, 5.41) is 0.145. The molecule has 2 unspecified atom stereocenters. The van der Waals surface area contributed by atoms with E-state index >= 15 is 0 Å². The Morgan fingerprint density at radius 3 is 1.88 bits per heavy atom. The van der Waals surface area contributed by atoms with Gasteiger partial charge in [0.25, 0.3) is 0 Å². The van der Waals surface area contributed by atoms with E-state index in [9.17, 15) is 0 Å². The molecule has 0 radical (unpaired) electrons. The van der Waals surface area contributed by atoms with Crippen LogP contribution < -0.4 is 0 Å². The van der Waals surface area contributed by atoms with Gasteiger partial charge in [-0.05, 0) is 11.7 Å². The Balaban J connectivity index is 0.000000316. The van der Waals surface area contributed by atoms with Gasteiger partial charge in [-0.1, -0.05) is 30.3 Å². The van der Waals surface area contributed by atoms with E-state index in [4.69, 9.17) is 11.6 Å². The van der Waals surface area contributed by atoms with Gasteiger partial charge in [0.2, 0.25) is 0 Å². The quantitative estimate of drug-likeness (QED) is 0.335. The van der Waals surface area contributed by atoms with Crippen molar-refractivity contribution in [3.05, 3.63) is 72.3 Å². The first-order valence-electron chi connectivity index (χ1n) is 5.14. The van der Waals surface area contributed by atoms with Crippen LogP contribution in [0.25, 0.3) is 0 Å². The molecular weight excluding hydrogens is 293 g/mol. The van der Waals surface area contributed by atoms with E-state index in [1.165, 1.54) is 5.56 Å². The number of hydrogen-bond donors (Lipinski definition) is 0. The molecule has 2 aromatic carbocycles. The van der Waals surface area contributed by atoms with Crippen LogP contribution in [0.4, 0.5) is 0 Å². The summed E-state index contributed by atoms with van der Waals surface area (Å²) in [4.78, 5) is 0. The van der Waals surface area contributed by atoms with Crippen molar-refractivity contribution in [3.8, 4) is 0 Å². The Morgan fingerprint density at radius 1 is 1.00 bits per heavy atom. The minimum Gasteiger partial charge on any atom is -0.184 e. The van der Waals surface area contributed by atoms with E-state index in [-0.39, 0.29) is 21.9 Å². The maximum Gasteiger partial charge on any atom is 0.0619 e. The molecule has 94 valence electrons. The molecule has 0 heterocycles. The van der Waals surface area contributed by atoms with Gasteiger partial charge in [0.1, 0.15) is 0 Å². The second kappa shape index (κ2) is 10.8. The molecule has 0 bridgehead atoms. The second-order valence-corrected chi connectivity index (χ2v) is 4.19. The summed E-state index contributed by atoms with van der Waals surface area (Å²) >= 11 is 5.97. The normalized spacial score (nSPS) is 10.5. The fourth-order valence-corrected chi connectivity index (χ4v) is 1.56. The van der Waals surface area contributed by atoms with Crippen LogP contribution in [0, 0.1) is 6.07 Å². The summed E-state index contributed by atoms with van der Waals surface area (Å²) in [7, 11) is 2.64. The van der Waals surface area contributed by atoms with Crippen LogP contribution >= 0.6 is 20.8 Å². The number of benzene rings is 2. The van der Waals surface area contributed by atoms with Gasteiger partial charge in [-0.3, -0.25) is 0 Å². The molecule has 0 fully saturated rings. The zero-order valence-corrected chi connectivity index (χ0v) is 12.2. The summed E-state index contributed by atoms with van der Waals surface area (Å²) < 4.78 is 0. The monoisotopic (exact) mass is 307 g/mol. The van der Waals surface area contributed by atoms with Crippen LogP contribution in [-0.4, -0.2) is 6.16 Å². The van der Waals surface area contributed by atoms with Gasteiger partial charge in [-0.25, -0.2) is 0 Å². The van der Waals surface area contributed by atoms with E-state index in [1.54, 1.807) is 0 Å². The molecule has 3 heteroatoms. The summed E-state index contributed by atoms with van der Waals surface area (Å²) in [5.74, 6) is 0. The van der Waals surface area contributed by atoms with Crippen LogP contribution in [0.5, 0.6) is 0 Å². The summed E-state index contributed by atoms with van der Waals surface area (Å²) in [6.45, 7) is 0. The number of halogens is 1. The standard InChI is InChI=1S/C8H10ClP.C6H5.Ni/c9-8(6-10)7-4-2-1-3-5-7;1-2-4-6-5-3-1;/h1-5,8H,6,10H2;1-5H;/q;-1;. The first kappa shape index (κ1) is 16.7. The first-order valence-corrected chi connectivity index (χ1v) is 6.40. The molecule has 0 saturated carbocycles. The summed E-state index contributed by atoms with van der Waals surface area (Å²) in [6, 6.07) is 22.6. The molecule has 0 nitrogen and oxygen atoms in total. The molecule has 0 spiro atoms. The minimum absolute atomic E-state index is 0. The average molecular weight is 308 g/mol. The van der Waals surface area contributed by atoms with Crippen LogP contribution in [0.15, 0.2) is 60.7 Å². The Hall–Kier alpha value is -0.346. The Morgan fingerprint density at radius 2 is 1.53 bits per heavy atom. The largest absolute Gasteiger partial charge is 0.184 e. The molecule has 0 aliphatic rings. The third-order valence-electron chi connectivity index (χ3n) is 1.98. The van der Waals surface area contributed by atoms with E-state index in [0.29, 0.717) is 0 Å². The third kappa shape index (κ3) is 7.55. The van der Waals surface area contributed by atoms with Gasteiger partial charge in [0.15, 0.2) is 0 Å². The van der Waals surface area contributed by atoms with Gasteiger partial charge in [0, 0.05) is 16.5 Å². The van der Waals surface area contributed by atoms with E-state index in [2.05, 4.69) is 15.3 Å². The third-order valence-corrected chi connectivity index (χ3v) is 3.18. The molecule has 0 saturated heterocycles. The van der Waals surface area contributed by atoms with Crippen LogP contribution in [0.1, 0.15) is 10.9 Å². The maximum absolute atomic E-state index is 5.97. The molecule has 0 N–H and O–H groups in total. The summed E-state index contributed by atoms with van der Waals surface area (Å²) in [6.07, 6.45) is 0.908. The fourth-order valence-electron chi connectivity index (χ4n) is 1.14. The van der Waals surface area contributed by atoms with Gasteiger partial charge < -0.3 is 0 Å². The van der Waals surface area contributed by atoms with Crippen molar-refractivity contribution in [2.24, 2.45) is 0 Å². The number of rotatable bonds is 2. The van der Waals surface area contributed by atoms with E-state index < -0.39 is 0 Å². The first-order chi connectivity index (χ1) is 7.84. The molecule has 0 amide bonds. The maximum atomic E-state index is 5.97. The van der Waals surface area contributed by atoms with Crippen molar-refractivity contribution in [2.75, 3.05) is 6.16 Å². The number of hydrogen-bond acceptors (Lipinski definition) is 0. The van der Waals surface area contributed by atoms with Crippen molar-refractivity contribution in [3.63, 3.8) is 0 Å². The predicted molar refractivity (Wildman–Crippen MR) is 74.9 cm³/mol. The van der Waals surface area contributed by atoms with Crippen LogP contribution in [0.2, 0.25) is 0 Å². The van der Waals surface area contributed by atoms with Crippen molar-refractivity contribution >= 4 is 20.8 Å². The zero-order chi connectivity index (χ0) is 11.6. The molecule has 17 heavy (non-hydrogen) atoms. The second-order valence-electron chi connectivity index (χ2n) is 3.19. The van der Waals surface area contributed by atoms with E-state index in [0.717, 1.165) is 6.16 Å². The smallest absolute Gasteiger partial charge is 0.0619 e. The molecule has 0 aromatic heterocycles. The van der Waals surface area contributed by atoms with Gasteiger partial charge >= 0.3 is 0 Å². The molecule has 0 aliphatic carbocycles. The zero-order valence-electron chi connectivity index (χ0n) is 9.33. The molecular formula is C14H15ClNiP-. The minimum atomic E-state index is 0. The molecule has 2 rings (SSSR count). The van der Waals surface area contributed by atoms with E-state index in [1.807, 2.05) is 60.7 Å². The number of alkyl halides is 1. The summed E-state index contributed by atoms with van der Waals surface area (Å²) in [5.41, 5.74) is 1.19. The predicted octanol–water partition coefficient (Wildman–Crippen LogP) is 4.33. The fraction of sp³-hybridized carbons (Fsp3) is 0.143. The molecule has 2 aromatic rings. The van der Waals surface area contributed by atoms with Gasteiger partial charge in [-0.2, -0.15) is 36.4 Å². The Bertz CT molecular complexity index is 340. The Kier molecular flexibility index (Phi) is 10.6. The van der Waals surface area contributed by atoms with Crippen molar-refractivity contribution < 1.29 is 16.5 Å². The van der Waals surface area contributed by atoms with Crippen molar-refractivity contribution in [2.45, 2.75) is 5.38 Å².